The lowest BCUT2D eigenvalue weighted by atomic mass is 9.98. The number of rotatable bonds is 1. The summed E-state index contributed by atoms with van der Waals surface area (Å²) in [6.45, 7) is 5.73. The van der Waals surface area contributed by atoms with Gasteiger partial charge < -0.3 is 9.72 Å². The molecule has 1 amide bonds. The fraction of sp³-hybridized carbons (Fsp3) is 0.556. The normalized spacial score (nSPS) is 26.3. The maximum Gasteiger partial charge on any atom is 0.411 e. The SMILES string of the molecule is CC(C)(C)OC(=O)N1C2CC[C@@H](C2)C1c1nc2ccc(Br)cc2[nH]1. The number of carbonyl (C=O) groups is 1. The lowest BCUT2D eigenvalue weighted by molar-refractivity contribution is 0.00623. The molecule has 1 saturated heterocycles. The topological polar surface area (TPSA) is 58.2 Å². The number of nitrogens with zero attached hydrogens (tertiary/aromatic N) is 2. The first-order valence-electron chi connectivity index (χ1n) is 8.48. The van der Waals surface area contributed by atoms with Gasteiger partial charge in [-0.3, -0.25) is 4.90 Å². The van der Waals surface area contributed by atoms with E-state index in [1.807, 2.05) is 43.9 Å². The van der Waals surface area contributed by atoms with E-state index in [1.165, 1.54) is 0 Å². The number of aromatic amines is 1. The van der Waals surface area contributed by atoms with E-state index in [2.05, 4.69) is 20.9 Å². The van der Waals surface area contributed by atoms with Crippen LogP contribution in [0, 0.1) is 5.92 Å². The molecular weight excluding hydrogens is 370 g/mol. The number of benzene rings is 1. The van der Waals surface area contributed by atoms with Gasteiger partial charge in [-0.1, -0.05) is 15.9 Å². The molecule has 2 fully saturated rings. The summed E-state index contributed by atoms with van der Waals surface area (Å²) in [5.41, 5.74) is 1.44. The van der Waals surface area contributed by atoms with E-state index < -0.39 is 5.60 Å². The first kappa shape index (κ1) is 15.9. The van der Waals surface area contributed by atoms with Crippen LogP contribution in [0.2, 0.25) is 0 Å². The highest BCUT2D eigenvalue weighted by molar-refractivity contribution is 9.10. The molecule has 1 aromatic carbocycles. The van der Waals surface area contributed by atoms with Crippen molar-refractivity contribution in [2.45, 2.75) is 57.7 Å². The molecule has 1 saturated carbocycles. The number of hydrogen-bond acceptors (Lipinski definition) is 3. The average molecular weight is 392 g/mol. The Morgan fingerprint density at radius 2 is 2.17 bits per heavy atom. The predicted molar refractivity (Wildman–Crippen MR) is 95.7 cm³/mol. The minimum atomic E-state index is -0.484. The van der Waals surface area contributed by atoms with Gasteiger partial charge in [0.25, 0.3) is 0 Å². The number of carbonyl (C=O) groups excluding carboxylic acids is 1. The first-order chi connectivity index (χ1) is 11.3. The van der Waals surface area contributed by atoms with Crippen LogP contribution in [0.4, 0.5) is 4.79 Å². The van der Waals surface area contributed by atoms with Crippen molar-refractivity contribution in [3.8, 4) is 0 Å². The number of amides is 1. The predicted octanol–water partition coefficient (Wildman–Crippen LogP) is 4.79. The number of likely N-dealkylation sites (tertiary alicyclic amines) is 1. The zero-order valence-corrected chi connectivity index (χ0v) is 15.8. The van der Waals surface area contributed by atoms with Crippen LogP contribution in [-0.2, 0) is 4.74 Å². The molecule has 0 radical (unpaired) electrons. The molecule has 3 atom stereocenters. The van der Waals surface area contributed by atoms with Gasteiger partial charge in [-0.05, 0) is 64.2 Å². The number of hydrogen-bond donors (Lipinski definition) is 1. The summed E-state index contributed by atoms with van der Waals surface area (Å²) in [6, 6.07) is 6.26. The Balaban J connectivity index is 1.69. The van der Waals surface area contributed by atoms with Crippen LogP contribution in [-0.4, -0.2) is 32.6 Å². The maximum absolute atomic E-state index is 12.8. The number of ether oxygens (including phenoxy) is 1. The zero-order valence-electron chi connectivity index (χ0n) is 14.2. The Hall–Kier alpha value is -1.56. The zero-order chi connectivity index (χ0) is 17.1. The van der Waals surface area contributed by atoms with E-state index in [0.717, 1.165) is 40.6 Å². The monoisotopic (exact) mass is 391 g/mol. The van der Waals surface area contributed by atoms with Crippen molar-refractivity contribution in [2.24, 2.45) is 5.92 Å². The Labute approximate surface area is 149 Å². The van der Waals surface area contributed by atoms with Gasteiger partial charge in [0.2, 0.25) is 0 Å². The minimum Gasteiger partial charge on any atom is -0.444 e. The molecule has 2 unspecified atom stereocenters. The van der Waals surface area contributed by atoms with Crippen molar-refractivity contribution < 1.29 is 9.53 Å². The van der Waals surface area contributed by atoms with E-state index in [0.29, 0.717) is 5.92 Å². The van der Waals surface area contributed by atoms with Crippen molar-refractivity contribution in [2.75, 3.05) is 0 Å². The average Bonchev–Trinajstić information content (AvgIpc) is 3.17. The Kier molecular flexibility index (Phi) is 3.64. The molecule has 2 bridgehead atoms. The number of H-pyrrole nitrogens is 1. The minimum absolute atomic E-state index is 0.00947. The van der Waals surface area contributed by atoms with Gasteiger partial charge in [-0.2, -0.15) is 0 Å². The number of imidazole rings is 1. The molecule has 4 rings (SSSR count). The van der Waals surface area contributed by atoms with Crippen LogP contribution < -0.4 is 0 Å². The molecule has 128 valence electrons. The number of fused-ring (bicyclic) bond motifs is 3. The molecule has 6 heteroatoms. The molecule has 2 aromatic rings. The third kappa shape index (κ3) is 2.70. The van der Waals surface area contributed by atoms with Crippen LogP contribution in [0.1, 0.15) is 51.9 Å². The van der Waals surface area contributed by atoms with Gasteiger partial charge in [-0.25, -0.2) is 9.78 Å². The molecule has 2 aliphatic rings. The van der Waals surface area contributed by atoms with Crippen molar-refractivity contribution in [1.29, 1.82) is 0 Å². The summed E-state index contributed by atoms with van der Waals surface area (Å²) >= 11 is 3.49. The summed E-state index contributed by atoms with van der Waals surface area (Å²) in [4.78, 5) is 22.9. The van der Waals surface area contributed by atoms with E-state index in [9.17, 15) is 4.79 Å². The van der Waals surface area contributed by atoms with Crippen LogP contribution >= 0.6 is 15.9 Å². The van der Waals surface area contributed by atoms with Gasteiger partial charge in [-0.15, -0.1) is 0 Å². The second-order valence-corrected chi connectivity index (χ2v) is 8.76. The first-order valence-corrected chi connectivity index (χ1v) is 9.27. The van der Waals surface area contributed by atoms with Gasteiger partial charge >= 0.3 is 6.09 Å². The highest BCUT2D eigenvalue weighted by Gasteiger charge is 2.51. The summed E-state index contributed by atoms with van der Waals surface area (Å²) in [5, 5.41) is 0. The third-order valence-corrected chi connectivity index (χ3v) is 5.43. The van der Waals surface area contributed by atoms with E-state index >= 15 is 0 Å². The lowest BCUT2D eigenvalue weighted by Crippen LogP contribution is -2.43. The Morgan fingerprint density at radius 1 is 1.38 bits per heavy atom. The van der Waals surface area contributed by atoms with Gasteiger partial charge in [0, 0.05) is 10.5 Å². The maximum atomic E-state index is 12.8. The summed E-state index contributed by atoms with van der Waals surface area (Å²) in [5.74, 6) is 1.34. The Bertz CT molecular complexity index is 795. The standard InChI is InChI=1S/C18H22BrN3O2/c1-18(2,3)24-17(23)22-12-6-4-10(8-12)15(22)16-20-13-7-5-11(19)9-14(13)21-16/h5,7,9-10,12,15H,4,6,8H2,1-3H3,(H,20,21)/t10-,12?,15?/m0/s1. The third-order valence-electron chi connectivity index (χ3n) is 4.93. The number of piperidine rings is 1. The molecule has 1 N–H and O–H groups in total. The van der Waals surface area contributed by atoms with E-state index in [1.54, 1.807) is 0 Å². The molecule has 5 nitrogen and oxygen atoms in total. The van der Waals surface area contributed by atoms with Crippen LogP contribution in [0.15, 0.2) is 22.7 Å². The molecule has 1 aliphatic carbocycles. The van der Waals surface area contributed by atoms with Gasteiger partial charge in [0.05, 0.1) is 17.1 Å². The number of aromatic nitrogens is 2. The second kappa shape index (κ2) is 5.48. The van der Waals surface area contributed by atoms with Gasteiger partial charge in [0.15, 0.2) is 0 Å². The Morgan fingerprint density at radius 3 is 2.92 bits per heavy atom. The smallest absolute Gasteiger partial charge is 0.411 e. The van der Waals surface area contributed by atoms with E-state index in [-0.39, 0.29) is 18.2 Å². The molecule has 0 spiro atoms. The second-order valence-electron chi connectivity index (χ2n) is 7.84. The molecular formula is C18H22BrN3O2. The number of nitrogens with one attached hydrogen (secondary N) is 1. The number of halogens is 1. The van der Waals surface area contributed by atoms with Gasteiger partial charge in [0.1, 0.15) is 11.4 Å². The quantitative estimate of drug-likeness (QED) is 0.760. The molecule has 2 heterocycles. The van der Waals surface area contributed by atoms with Crippen molar-refractivity contribution in [1.82, 2.24) is 14.9 Å². The van der Waals surface area contributed by atoms with Crippen molar-refractivity contribution in [3.05, 3.63) is 28.5 Å². The largest absolute Gasteiger partial charge is 0.444 e. The van der Waals surface area contributed by atoms with Crippen LogP contribution in [0.3, 0.4) is 0 Å². The highest BCUT2D eigenvalue weighted by Crippen LogP contribution is 2.50. The molecule has 1 aromatic heterocycles. The van der Waals surface area contributed by atoms with E-state index in [4.69, 9.17) is 9.72 Å². The molecule has 1 aliphatic heterocycles. The van der Waals surface area contributed by atoms with Crippen LogP contribution in [0.5, 0.6) is 0 Å². The fourth-order valence-corrected chi connectivity index (χ4v) is 4.42. The summed E-state index contributed by atoms with van der Waals surface area (Å²) < 4.78 is 6.67. The van der Waals surface area contributed by atoms with Crippen molar-refractivity contribution >= 4 is 33.1 Å². The molecule has 24 heavy (non-hydrogen) atoms. The van der Waals surface area contributed by atoms with Crippen molar-refractivity contribution in [3.63, 3.8) is 0 Å². The summed E-state index contributed by atoms with van der Waals surface area (Å²) in [6.07, 6.45) is 3.04. The summed E-state index contributed by atoms with van der Waals surface area (Å²) in [7, 11) is 0. The fourth-order valence-electron chi connectivity index (χ4n) is 4.06. The highest BCUT2D eigenvalue weighted by atomic mass is 79.9. The lowest BCUT2D eigenvalue weighted by Gasteiger charge is -2.35. The van der Waals surface area contributed by atoms with Crippen LogP contribution in [0.25, 0.3) is 11.0 Å².